The minimum absolute atomic E-state index is 0. The number of ether oxygens (including phenoxy) is 1. The molecule has 0 aliphatic carbocycles. The highest BCUT2D eigenvalue weighted by Gasteiger charge is 2.18. The average Bonchev–Trinajstić information content (AvgIpc) is 3.21. The second-order valence-electron chi connectivity index (χ2n) is 6.73. The Bertz CT molecular complexity index is 1110. The number of para-hydroxylation sites is 1. The number of pyridine rings is 1. The molecule has 1 unspecified atom stereocenters. The first-order chi connectivity index (χ1) is 14.2. The number of carboxylic acids is 1. The molecule has 4 aromatic rings. The molecule has 0 spiro atoms. The number of hydrogen-bond acceptors (Lipinski definition) is 4. The van der Waals surface area contributed by atoms with Gasteiger partial charge in [0.05, 0.1) is 0 Å². The van der Waals surface area contributed by atoms with E-state index in [9.17, 15) is 9.90 Å². The van der Waals surface area contributed by atoms with Crippen LogP contribution >= 0.6 is 12.4 Å². The van der Waals surface area contributed by atoms with Crippen molar-refractivity contribution in [3.63, 3.8) is 0 Å². The van der Waals surface area contributed by atoms with E-state index in [2.05, 4.69) is 10.3 Å². The Labute approximate surface area is 180 Å². The summed E-state index contributed by atoms with van der Waals surface area (Å²) < 4.78 is 7.76. The smallest absolute Gasteiger partial charge is 0.321 e. The van der Waals surface area contributed by atoms with E-state index in [4.69, 9.17) is 4.74 Å². The lowest BCUT2D eigenvalue weighted by Gasteiger charge is -2.16. The Hall–Kier alpha value is -3.35. The Balaban J connectivity index is 0.00000256. The van der Waals surface area contributed by atoms with E-state index in [-0.39, 0.29) is 12.4 Å². The van der Waals surface area contributed by atoms with Crippen LogP contribution in [-0.4, -0.2) is 26.5 Å². The number of nitrogens with one attached hydrogen (secondary N) is 1. The zero-order valence-electron chi connectivity index (χ0n) is 16.1. The predicted molar refractivity (Wildman–Crippen MR) is 117 cm³/mol. The lowest BCUT2D eigenvalue weighted by atomic mass is 10.1. The fourth-order valence-electron chi connectivity index (χ4n) is 3.22. The van der Waals surface area contributed by atoms with E-state index >= 15 is 0 Å². The third kappa shape index (κ3) is 5.17. The molecule has 4 rings (SSSR count). The SMILES string of the molecule is Cl.O=C(O)C(Cc1cccc(Oc2ccccc2)c1)NCc1cccn2ccnc12. The van der Waals surface area contributed by atoms with Gasteiger partial charge in [-0.25, -0.2) is 4.98 Å². The van der Waals surface area contributed by atoms with Gasteiger partial charge in [0.1, 0.15) is 23.2 Å². The summed E-state index contributed by atoms with van der Waals surface area (Å²) in [5.74, 6) is 0.528. The van der Waals surface area contributed by atoms with Gasteiger partial charge in [0, 0.05) is 30.7 Å². The van der Waals surface area contributed by atoms with Crippen LogP contribution in [0.3, 0.4) is 0 Å². The van der Waals surface area contributed by atoms with Gasteiger partial charge in [0.2, 0.25) is 0 Å². The summed E-state index contributed by atoms with van der Waals surface area (Å²) >= 11 is 0. The van der Waals surface area contributed by atoms with Crippen molar-refractivity contribution in [3.8, 4) is 11.5 Å². The van der Waals surface area contributed by atoms with E-state index in [0.29, 0.717) is 18.7 Å². The van der Waals surface area contributed by atoms with Crippen molar-refractivity contribution in [1.82, 2.24) is 14.7 Å². The summed E-state index contributed by atoms with van der Waals surface area (Å²) in [4.78, 5) is 16.1. The molecule has 2 aromatic carbocycles. The number of hydrogen-bond donors (Lipinski definition) is 2. The lowest BCUT2D eigenvalue weighted by molar-refractivity contribution is -0.139. The molecule has 1 atom stereocenters. The van der Waals surface area contributed by atoms with Crippen molar-refractivity contribution >= 4 is 24.0 Å². The van der Waals surface area contributed by atoms with Gasteiger partial charge in [-0.2, -0.15) is 0 Å². The maximum Gasteiger partial charge on any atom is 0.321 e. The summed E-state index contributed by atoms with van der Waals surface area (Å²) in [6, 6.07) is 20.2. The minimum Gasteiger partial charge on any atom is -0.480 e. The maximum absolute atomic E-state index is 11.8. The molecule has 0 fully saturated rings. The van der Waals surface area contributed by atoms with Gasteiger partial charge in [-0.15, -0.1) is 12.4 Å². The van der Waals surface area contributed by atoms with E-state index in [1.807, 2.05) is 83.5 Å². The molecule has 0 saturated heterocycles. The van der Waals surface area contributed by atoms with Crippen LogP contribution < -0.4 is 10.1 Å². The van der Waals surface area contributed by atoms with E-state index < -0.39 is 12.0 Å². The van der Waals surface area contributed by atoms with E-state index in [0.717, 1.165) is 22.5 Å². The first-order valence-corrected chi connectivity index (χ1v) is 9.37. The van der Waals surface area contributed by atoms with Gasteiger partial charge in [0.15, 0.2) is 0 Å². The van der Waals surface area contributed by atoms with Gasteiger partial charge in [0.25, 0.3) is 0 Å². The number of rotatable bonds is 8. The van der Waals surface area contributed by atoms with Crippen molar-refractivity contribution < 1.29 is 14.6 Å². The lowest BCUT2D eigenvalue weighted by Crippen LogP contribution is -2.38. The molecule has 30 heavy (non-hydrogen) atoms. The summed E-state index contributed by atoms with van der Waals surface area (Å²) in [5, 5.41) is 12.8. The van der Waals surface area contributed by atoms with Gasteiger partial charge < -0.3 is 14.2 Å². The molecule has 154 valence electrons. The first-order valence-electron chi connectivity index (χ1n) is 9.37. The molecule has 2 N–H and O–H groups in total. The molecular weight excluding hydrogens is 402 g/mol. The molecular formula is C23H22ClN3O3. The largest absolute Gasteiger partial charge is 0.480 e. The molecule has 0 radical (unpaired) electrons. The first kappa shape index (κ1) is 21.4. The molecule has 0 amide bonds. The van der Waals surface area contributed by atoms with Crippen LogP contribution in [0.4, 0.5) is 0 Å². The van der Waals surface area contributed by atoms with Crippen LogP contribution in [0.15, 0.2) is 85.3 Å². The van der Waals surface area contributed by atoms with Crippen LogP contribution in [0, 0.1) is 0 Å². The highest BCUT2D eigenvalue weighted by atomic mass is 35.5. The van der Waals surface area contributed by atoms with Crippen LogP contribution in [0.5, 0.6) is 11.5 Å². The second kappa shape index (κ2) is 9.91. The van der Waals surface area contributed by atoms with Crippen molar-refractivity contribution in [2.75, 3.05) is 0 Å². The maximum atomic E-state index is 11.8. The van der Waals surface area contributed by atoms with E-state index in [1.54, 1.807) is 6.20 Å². The second-order valence-corrected chi connectivity index (χ2v) is 6.73. The summed E-state index contributed by atoms with van der Waals surface area (Å²) in [5.41, 5.74) is 2.66. The summed E-state index contributed by atoms with van der Waals surface area (Å²) in [6.07, 6.45) is 5.86. The third-order valence-corrected chi connectivity index (χ3v) is 4.65. The van der Waals surface area contributed by atoms with E-state index in [1.165, 1.54) is 0 Å². The van der Waals surface area contributed by atoms with Crippen molar-refractivity contribution in [2.24, 2.45) is 0 Å². The van der Waals surface area contributed by atoms with Crippen LogP contribution in [0.2, 0.25) is 0 Å². The Kier molecular flexibility index (Phi) is 7.06. The highest BCUT2D eigenvalue weighted by molar-refractivity contribution is 5.85. The molecule has 6 nitrogen and oxygen atoms in total. The number of benzene rings is 2. The molecule has 0 saturated carbocycles. The standard InChI is InChI=1S/C23H21N3O3.ClH/c27-23(28)21(25-16-18-7-5-12-26-13-11-24-22(18)26)15-17-6-4-10-20(14-17)29-19-8-2-1-3-9-19;/h1-14,21,25H,15-16H2,(H,27,28);1H. The number of imidazole rings is 1. The van der Waals surface area contributed by atoms with Gasteiger partial charge in [-0.3, -0.25) is 10.1 Å². The summed E-state index contributed by atoms with van der Waals surface area (Å²) in [6.45, 7) is 0.415. The van der Waals surface area contributed by atoms with Crippen molar-refractivity contribution in [2.45, 2.75) is 19.0 Å². The molecule has 0 bridgehead atoms. The minimum atomic E-state index is -0.894. The number of fused-ring (bicyclic) bond motifs is 1. The Morgan fingerprint density at radius 1 is 1.03 bits per heavy atom. The summed E-state index contributed by atoms with van der Waals surface area (Å²) in [7, 11) is 0. The van der Waals surface area contributed by atoms with Gasteiger partial charge in [-0.1, -0.05) is 36.4 Å². The third-order valence-electron chi connectivity index (χ3n) is 4.65. The van der Waals surface area contributed by atoms with Crippen molar-refractivity contribution in [1.29, 1.82) is 0 Å². The topological polar surface area (TPSA) is 75.9 Å². The van der Waals surface area contributed by atoms with Crippen LogP contribution in [0.25, 0.3) is 5.65 Å². The normalized spacial score (nSPS) is 11.6. The van der Waals surface area contributed by atoms with Crippen LogP contribution in [-0.2, 0) is 17.8 Å². The quantitative estimate of drug-likeness (QED) is 0.441. The Morgan fingerprint density at radius 2 is 1.83 bits per heavy atom. The van der Waals surface area contributed by atoms with Crippen molar-refractivity contribution in [3.05, 3.63) is 96.4 Å². The predicted octanol–water partition coefficient (Wildman–Crippen LogP) is 4.33. The molecule has 0 aliphatic rings. The number of aliphatic carboxylic acids is 1. The monoisotopic (exact) mass is 423 g/mol. The van der Waals surface area contributed by atoms with Gasteiger partial charge in [-0.05, 0) is 42.3 Å². The fourth-order valence-corrected chi connectivity index (χ4v) is 3.22. The number of carboxylic acid groups (broad SMARTS) is 1. The zero-order valence-corrected chi connectivity index (χ0v) is 17.0. The number of halogens is 1. The van der Waals surface area contributed by atoms with Crippen LogP contribution in [0.1, 0.15) is 11.1 Å². The number of nitrogens with zero attached hydrogens (tertiary/aromatic N) is 2. The molecule has 2 aromatic heterocycles. The number of aromatic nitrogens is 2. The highest BCUT2D eigenvalue weighted by Crippen LogP contribution is 2.22. The number of carbonyl (C=O) groups is 1. The fraction of sp³-hybridized carbons (Fsp3) is 0.130. The molecule has 0 aliphatic heterocycles. The molecule has 2 heterocycles. The Morgan fingerprint density at radius 3 is 2.63 bits per heavy atom. The molecule has 7 heteroatoms. The average molecular weight is 424 g/mol. The van der Waals surface area contributed by atoms with Gasteiger partial charge >= 0.3 is 5.97 Å². The zero-order chi connectivity index (χ0) is 20.1.